The average molecular weight is 217 g/mol. The highest BCUT2D eigenvalue weighted by molar-refractivity contribution is 5.67. The number of para-hydroxylation sites is 1. The summed E-state index contributed by atoms with van der Waals surface area (Å²) < 4.78 is 0. The van der Waals surface area contributed by atoms with Gasteiger partial charge in [-0.15, -0.1) is 0 Å². The fourth-order valence-electron chi connectivity index (χ4n) is 2.75. The van der Waals surface area contributed by atoms with Gasteiger partial charge in [0.15, 0.2) is 0 Å². The third kappa shape index (κ3) is 2.26. The van der Waals surface area contributed by atoms with Crippen LogP contribution in [0.3, 0.4) is 0 Å². The van der Waals surface area contributed by atoms with Crippen LogP contribution in [0.1, 0.15) is 43.6 Å². The van der Waals surface area contributed by atoms with Crippen molar-refractivity contribution in [1.29, 1.82) is 0 Å². The Labute approximate surface area is 96.8 Å². The van der Waals surface area contributed by atoms with Crippen molar-refractivity contribution in [2.75, 3.05) is 5.73 Å². The lowest BCUT2D eigenvalue weighted by molar-refractivity contribution is -0.110. The van der Waals surface area contributed by atoms with Gasteiger partial charge in [0.05, 0.1) is 0 Å². The van der Waals surface area contributed by atoms with Crippen molar-refractivity contribution in [3.8, 4) is 0 Å². The van der Waals surface area contributed by atoms with Crippen molar-refractivity contribution in [2.24, 2.45) is 5.92 Å². The first-order chi connectivity index (χ1) is 7.83. The Morgan fingerprint density at radius 1 is 1.19 bits per heavy atom. The predicted octanol–water partition coefficient (Wildman–Crippen LogP) is 3.13. The maximum atomic E-state index is 11.3. The largest absolute Gasteiger partial charge is 0.398 e. The molecule has 86 valence electrons. The molecule has 1 aliphatic rings. The molecule has 0 spiro atoms. The molecule has 16 heavy (non-hydrogen) atoms. The Bertz CT molecular complexity index is 356. The summed E-state index contributed by atoms with van der Waals surface area (Å²) in [4.78, 5) is 11.3. The third-order valence-corrected chi connectivity index (χ3v) is 3.66. The molecule has 0 amide bonds. The van der Waals surface area contributed by atoms with Gasteiger partial charge >= 0.3 is 0 Å². The van der Waals surface area contributed by atoms with Gasteiger partial charge in [-0.25, -0.2) is 0 Å². The predicted molar refractivity (Wildman–Crippen MR) is 66.2 cm³/mol. The van der Waals surface area contributed by atoms with Crippen molar-refractivity contribution in [2.45, 2.75) is 38.0 Å². The highest BCUT2D eigenvalue weighted by atomic mass is 16.1. The number of nitrogen functional groups attached to an aromatic ring is 1. The molecular weight excluding hydrogens is 198 g/mol. The SMILES string of the molecule is Nc1ccccc1C(C=O)C1CCCCC1. The van der Waals surface area contributed by atoms with Gasteiger partial charge in [-0.05, 0) is 30.4 Å². The zero-order chi connectivity index (χ0) is 11.4. The quantitative estimate of drug-likeness (QED) is 0.624. The minimum atomic E-state index is 0.00139. The van der Waals surface area contributed by atoms with Crippen LogP contribution in [0, 0.1) is 5.92 Å². The van der Waals surface area contributed by atoms with Crippen molar-refractivity contribution in [3.63, 3.8) is 0 Å². The van der Waals surface area contributed by atoms with Crippen LogP contribution in [0.4, 0.5) is 5.69 Å². The summed E-state index contributed by atoms with van der Waals surface area (Å²) in [6.45, 7) is 0. The van der Waals surface area contributed by atoms with Gasteiger partial charge in [-0.3, -0.25) is 0 Å². The molecule has 1 unspecified atom stereocenters. The number of anilines is 1. The second kappa shape index (κ2) is 5.15. The zero-order valence-electron chi connectivity index (χ0n) is 9.56. The summed E-state index contributed by atoms with van der Waals surface area (Å²) >= 11 is 0. The van der Waals surface area contributed by atoms with E-state index in [4.69, 9.17) is 5.73 Å². The molecule has 1 aromatic rings. The Balaban J connectivity index is 2.21. The maximum absolute atomic E-state index is 11.3. The first kappa shape index (κ1) is 11.2. The second-order valence-electron chi connectivity index (χ2n) is 4.69. The molecule has 2 nitrogen and oxygen atoms in total. The third-order valence-electron chi connectivity index (χ3n) is 3.66. The molecule has 0 aromatic heterocycles. The fraction of sp³-hybridized carbons (Fsp3) is 0.500. The van der Waals surface area contributed by atoms with Gasteiger partial charge in [-0.1, -0.05) is 37.5 Å². The Kier molecular flexibility index (Phi) is 3.60. The van der Waals surface area contributed by atoms with Gasteiger partial charge in [0.2, 0.25) is 0 Å². The van der Waals surface area contributed by atoms with Gasteiger partial charge in [0, 0.05) is 11.6 Å². The van der Waals surface area contributed by atoms with Crippen LogP contribution < -0.4 is 5.73 Å². The minimum absolute atomic E-state index is 0.00139. The normalized spacial score (nSPS) is 19.2. The first-order valence-electron chi connectivity index (χ1n) is 6.12. The smallest absolute Gasteiger partial charge is 0.127 e. The van der Waals surface area contributed by atoms with E-state index in [9.17, 15) is 4.79 Å². The van der Waals surface area contributed by atoms with E-state index in [1.165, 1.54) is 19.3 Å². The molecule has 2 heteroatoms. The van der Waals surface area contributed by atoms with E-state index in [2.05, 4.69) is 0 Å². The molecule has 0 radical (unpaired) electrons. The highest BCUT2D eigenvalue weighted by Crippen LogP contribution is 2.36. The molecule has 1 saturated carbocycles. The first-order valence-corrected chi connectivity index (χ1v) is 6.12. The molecule has 2 N–H and O–H groups in total. The monoisotopic (exact) mass is 217 g/mol. The number of carbonyl (C=O) groups excluding carboxylic acids is 1. The van der Waals surface area contributed by atoms with Gasteiger partial charge in [0.1, 0.15) is 6.29 Å². The van der Waals surface area contributed by atoms with Crippen molar-refractivity contribution in [1.82, 2.24) is 0 Å². The second-order valence-corrected chi connectivity index (χ2v) is 4.69. The summed E-state index contributed by atoms with van der Waals surface area (Å²) in [5.74, 6) is 0.498. The van der Waals surface area contributed by atoms with Crippen LogP contribution in [0.5, 0.6) is 0 Å². The number of carbonyl (C=O) groups is 1. The van der Waals surface area contributed by atoms with Crippen LogP contribution in [0.25, 0.3) is 0 Å². The lowest BCUT2D eigenvalue weighted by atomic mass is 9.77. The summed E-state index contributed by atoms with van der Waals surface area (Å²) in [7, 11) is 0. The molecule has 1 aromatic carbocycles. The highest BCUT2D eigenvalue weighted by Gasteiger charge is 2.25. The standard InChI is InChI=1S/C14H19NO/c15-14-9-5-4-8-12(14)13(10-16)11-6-2-1-3-7-11/h4-5,8-11,13H,1-3,6-7,15H2. The van der Waals surface area contributed by atoms with E-state index >= 15 is 0 Å². The molecule has 0 saturated heterocycles. The Morgan fingerprint density at radius 3 is 2.50 bits per heavy atom. The van der Waals surface area contributed by atoms with Crippen LogP contribution in [0.2, 0.25) is 0 Å². The molecule has 0 heterocycles. The van der Waals surface area contributed by atoms with E-state index < -0.39 is 0 Å². The number of hydrogen-bond acceptors (Lipinski definition) is 2. The van der Waals surface area contributed by atoms with Crippen molar-refractivity contribution < 1.29 is 4.79 Å². The van der Waals surface area contributed by atoms with E-state index in [0.717, 1.165) is 30.4 Å². The number of nitrogens with two attached hydrogens (primary N) is 1. The summed E-state index contributed by atoms with van der Waals surface area (Å²) in [6.07, 6.45) is 7.23. The molecule has 0 aliphatic heterocycles. The Morgan fingerprint density at radius 2 is 1.88 bits per heavy atom. The van der Waals surface area contributed by atoms with Gasteiger partial charge < -0.3 is 10.5 Å². The molecule has 0 bridgehead atoms. The number of hydrogen-bond donors (Lipinski definition) is 1. The topological polar surface area (TPSA) is 43.1 Å². The zero-order valence-corrected chi connectivity index (χ0v) is 9.56. The summed E-state index contributed by atoms with van der Waals surface area (Å²) in [5.41, 5.74) is 7.72. The van der Waals surface area contributed by atoms with Crippen LogP contribution in [-0.2, 0) is 4.79 Å². The summed E-state index contributed by atoms with van der Waals surface area (Å²) in [6, 6.07) is 7.75. The van der Waals surface area contributed by atoms with Gasteiger partial charge in [-0.2, -0.15) is 0 Å². The fourth-order valence-corrected chi connectivity index (χ4v) is 2.75. The van der Waals surface area contributed by atoms with Gasteiger partial charge in [0.25, 0.3) is 0 Å². The Hall–Kier alpha value is -1.31. The van der Waals surface area contributed by atoms with E-state index in [-0.39, 0.29) is 5.92 Å². The van der Waals surface area contributed by atoms with Crippen LogP contribution in [-0.4, -0.2) is 6.29 Å². The molecular formula is C14H19NO. The molecule has 1 fully saturated rings. The minimum Gasteiger partial charge on any atom is -0.398 e. The molecule has 1 aliphatic carbocycles. The lowest BCUT2D eigenvalue weighted by Crippen LogP contribution is -2.18. The van der Waals surface area contributed by atoms with Crippen LogP contribution >= 0.6 is 0 Å². The maximum Gasteiger partial charge on any atom is 0.127 e. The van der Waals surface area contributed by atoms with E-state index in [0.29, 0.717) is 5.92 Å². The van der Waals surface area contributed by atoms with E-state index in [1.807, 2.05) is 24.3 Å². The van der Waals surface area contributed by atoms with E-state index in [1.54, 1.807) is 0 Å². The molecule has 2 rings (SSSR count). The number of benzene rings is 1. The van der Waals surface area contributed by atoms with Crippen LogP contribution in [0.15, 0.2) is 24.3 Å². The number of rotatable bonds is 3. The summed E-state index contributed by atoms with van der Waals surface area (Å²) in [5, 5.41) is 0. The average Bonchev–Trinajstić information content (AvgIpc) is 2.34. The number of aldehydes is 1. The lowest BCUT2D eigenvalue weighted by Gasteiger charge is -2.27. The molecule has 1 atom stereocenters. The van der Waals surface area contributed by atoms with Crippen molar-refractivity contribution >= 4 is 12.0 Å². The van der Waals surface area contributed by atoms with Crippen molar-refractivity contribution in [3.05, 3.63) is 29.8 Å².